The second-order valence-electron chi connectivity index (χ2n) is 6.77. The smallest absolute Gasteiger partial charge is 0.195 e. The van der Waals surface area contributed by atoms with Crippen molar-refractivity contribution < 1.29 is 4.79 Å². The lowest BCUT2D eigenvalue weighted by Gasteiger charge is -2.17. The molecule has 0 amide bonds. The summed E-state index contributed by atoms with van der Waals surface area (Å²) in [6.45, 7) is 10.6. The maximum Gasteiger partial charge on any atom is 0.195 e. The van der Waals surface area contributed by atoms with E-state index in [1.807, 2.05) is 4.40 Å². The number of aryl methyl sites for hydroxylation is 2. The van der Waals surface area contributed by atoms with Gasteiger partial charge < -0.3 is 0 Å². The molecule has 3 rings (SSSR count). The molecule has 2 aromatic heterocycles. The van der Waals surface area contributed by atoms with Crippen molar-refractivity contribution in [2.75, 3.05) is 0 Å². The molecule has 0 unspecified atom stereocenters. The van der Waals surface area contributed by atoms with Crippen LogP contribution >= 0.6 is 11.3 Å². The third kappa shape index (κ3) is 2.28. The first kappa shape index (κ1) is 15.0. The molecule has 4 heteroatoms. The van der Waals surface area contributed by atoms with E-state index in [2.05, 4.69) is 58.2 Å². The van der Waals surface area contributed by atoms with Gasteiger partial charge in [0.1, 0.15) is 11.4 Å². The summed E-state index contributed by atoms with van der Waals surface area (Å²) in [7, 11) is 0. The first-order valence-corrected chi connectivity index (χ1v) is 8.24. The Balaban J connectivity index is 2.32. The fraction of sp³-hybridized carbons (Fsp3) is 0.333. The van der Waals surface area contributed by atoms with Gasteiger partial charge in [0.15, 0.2) is 11.2 Å². The molecule has 0 saturated heterocycles. The molecule has 0 bridgehead atoms. The van der Waals surface area contributed by atoms with Crippen LogP contribution in [0.5, 0.6) is 0 Å². The largest absolute Gasteiger partial charge is 0.296 e. The Labute approximate surface area is 134 Å². The van der Waals surface area contributed by atoms with Gasteiger partial charge in [-0.1, -0.05) is 44.5 Å². The van der Waals surface area contributed by atoms with Gasteiger partial charge >= 0.3 is 0 Å². The number of aromatic nitrogens is 2. The number of hydrogen-bond acceptors (Lipinski definition) is 3. The lowest BCUT2D eigenvalue weighted by atomic mass is 9.93. The second kappa shape index (κ2) is 5.06. The summed E-state index contributed by atoms with van der Waals surface area (Å²) >= 11 is 1.59. The highest BCUT2D eigenvalue weighted by Crippen LogP contribution is 2.33. The predicted octanol–water partition coefficient (Wildman–Crippen LogP) is 4.79. The minimum atomic E-state index is -0.0314. The zero-order chi connectivity index (χ0) is 16.1. The number of hydrogen-bond donors (Lipinski definition) is 0. The maximum atomic E-state index is 11.8. The van der Waals surface area contributed by atoms with Crippen molar-refractivity contribution in [3.05, 3.63) is 46.1 Å². The highest BCUT2D eigenvalue weighted by Gasteiger charge is 2.24. The van der Waals surface area contributed by atoms with Crippen LogP contribution in [0.1, 0.15) is 48.1 Å². The third-order valence-corrected chi connectivity index (χ3v) is 4.74. The molecule has 0 fully saturated rings. The van der Waals surface area contributed by atoms with E-state index in [9.17, 15) is 4.79 Å². The van der Waals surface area contributed by atoms with E-state index in [1.165, 1.54) is 5.56 Å². The van der Waals surface area contributed by atoms with Gasteiger partial charge in [-0.15, -0.1) is 11.3 Å². The van der Waals surface area contributed by atoms with E-state index in [4.69, 9.17) is 4.98 Å². The summed E-state index contributed by atoms with van der Waals surface area (Å²) in [5.74, 6) is 0. The summed E-state index contributed by atoms with van der Waals surface area (Å²) < 4.78 is 2.01. The Kier molecular flexibility index (Phi) is 3.44. The van der Waals surface area contributed by atoms with Crippen molar-refractivity contribution in [1.82, 2.24) is 9.38 Å². The van der Waals surface area contributed by atoms with Crippen LogP contribution in [0, 0.1) is 13.8 Å². The molecule has 0 atom stereocenters. The number of fused-ring (bicyclic) bond motifs is 1. The lowest BCUT2D eigenvalue weighted by molar-refractivity contribution is 0.111. The molecule has 0 aliphatic rings. The average molecular weight is 312 g/mol. The minimum Gasteiger partial charge on any atom is -0.296 e. The average Bonchev–Trinajstić information content (AvgIpc) is 2.95. The van der Waals surface area contributed by atoms with Crippen molar-refractivity contribution in [3.8, 4) is 11.3 Å². The second-order valence-corrected chi connectivity index (χ2v) is 7.61. The molecule has 114 valence electrons. The quantitative estimate of drug-likeness (QED) is 0.638. The number of thiazole rings is 1. The number of nitrogens with zero attached hydrogens (tertiary/aromatic N) is 2. The van der Waals surface area contributed by atoms with Gasteiger partial charge in [-0.2, -0.15) is 0 Å². The minimum absolute atomic E-state index is 0.0314. The summed E-state index contributed by atoms with van der Waals surface area (Å²) in [5, 5.41) is 2.10. The maximum absolute atomic E-state index is 11.8. The van der Waals surface area contributed by atoms with Crippen molar-refractivity contribution in [3.63, 3.8) is 0 Å². The number of imidazole rings is 1. The van der Waals surface area contributed by atoms with Crippen LogP contribution in [0.15, 0.2) is 23.6 Å². The monoisotopic (exact) mass is 312 g/mol. The predicted molar refractivity (Wildman–Crippen MR) is 92.1 cm³/mol. The van der Waals surface area contributed by atoms with Crippen molar-refractivity contribution in [2.45, 2.75) is 40.0 Å². The van der Waals surface area contributed by atoms with Crippen molar-refractivity contribution >= 4 is 22.6 Å². The molecule has 3 nitrogen and oxygen atoms in total. The zero-order valence-electron chi connectivity index (χ0n) is 13.6. The standard InChI is InChI=1S/C18H20N2OS/c1-11-6-7-13(12(2)8-11)16-14(9-21)20-15(18(3,4)5)10-22-17(20)19-16/h6-10H,1-5H3. The molecule has 1 aromatic carbocycles. The van der Waals surface area contributed by atoms with Gasteiger partial charge in [0.25, 0.3) is 0 Å². The molecule has 2 heterocycles. The van der Waals surface area contributed by atoms with Gasteiger partial charge in [0.2, 0.25) is 0 Å². The first-order valence-electron chi connectivity index (χ1n) is 7.36. The van der Waals surface area contributed by atoms with Gasteiger partial charge in [-0.25, -0.2) is 4.98 Å². The Morgan fingerprint density at radius 1 is 1.23 bits per heavy atom. The summed E-state index contributed by atoms with van der Waals surface area (Å²) in [4.78, 5) is 17.4. The summed E-state index contributed by atoms with van der Waals surface area (Å²) in [5.41, 5.74) is 5.91. The van der Waals surface area contributed by atoms with Gasteiger partial charge in [-0.05, 0) is 19.4 Å². The Morgan fingerprint density at radius 3 is 2.55 bits per heavy atom. The van der Waals surface area contributed by atoms with Crippen LogP contribution in [0.2, 0.25) is 0 Å². The SMILES string of the molecule is Cc1ccc(-c2nc3scc(C(C)(C)C)n3c2C=O)c(C)c1. The first-order chi connectivity index (χ1) is 10.3. The summed E-state index contributed by atoms with van der Waals surface area (Å²) in [6.07, 6.45) is 0.927. The van der Waals surface area contributed by atoms with E-state index in [1.54, 1.807) is 11.3 Å². The number of benzene rings is 1. The molecule has 0 radical (unpaired) electrons. The van der Waals surface area contributed by atoms with Crippen molar-refractivity contribution in [1.29, 1.82) is 0 Å². The van der Waals surface area contributed by atoms with Gasteiger partial charge in [-0.3, -0.25) is 9.20 Å². The fourth-order valence-electron chi connectivity index (χ4n) is 2.78. The van der Waals surface area contributed by atoms with Crippen LogP contribution < -0.4 is 0 Å². The Bertz CT molecular complexity index is 865. The van der Waals surface area contributed by atoms with Gasteiger partial charge in [0, 0.05) is 22.1 Å². The normalized spacial score (nSPS) is 12.0. The highest BCUT2D eigenvalue weighted by molar-refractivity contribution is 7.15. The van der Waals surface area contributed by atoms with Gasteiger partial charge in [0.05, 0.1) is 0 Å². The fourth-order valence-corrected chi connectivity index (χ4v) is 3.91. The van der Waals surface area contributed by atoms with E-state index in [0.717, 1.165) is 33.8 Å². The molecule has 0 saturated carbocycles. The molecule has 0 spiro atoms. The highest BCUT2D eigenvalue weighted by atomic mass is 32.1. The van der Waals surface area contributed by atoms with Crippen LogP contribution in [0.25, 0.3) is 16.2 Å². The zero-order valence-corrected chi connectivity index (χ0v) is 14.4. The molecule has 0 N–H and O–H groups in total. The number of carbonyl (C=O) groups is 1. The number of carbonyl (C=O) groups excluding carboxylic acids is 1. The molecular weight excluding hydrogens is 292 g/mol. The Morgan fingerprint density at radius 2 is 1.95 bits per heavy atom. The number of rotatable bonds is 2. The molecule has 22 heavy (non-hydrogen) atoms. The molecule has 3 aromatic rings. The number of aldehydes is 1. The third-order valence-electron chi connectivity index (χ3n) is 3.92. The topological polar surface area (TPSA) is 34.4 Å². The van der Waals surface area contributed by atoms with E-state index >= 15 is 0 Å². The summed E-state index contributed by atoms with van der Waals surface area (Å²) in [6, 6.07) is 6.25. The molecule has 0 aliphatic heterocycles. The molecule has 0 aliphatic carbocycles. The van der Waals surface area contributed by atoms with Crippen LogP contribution in [-0.4, -0.2) is 15.7 Å². The van der Waals surface area contributed by atoms with Crippen LogP contribution in [-0.2, 0) is 5.41 Å². The van der Waals surface area contributed by atoms with E-state index < -0.39 is 0 Å². The van der Waals surface area contributed by atoms with Crippen LogP contribution in [0.4, 0.5) is 0 Å². The van der Waals surface area contributed by atoms with Crippen molar-refractivity contribution in [2.24, 2.45) is 0 Å². The van der Waals surface area contributed by atoms with E-state index in [-0.39, 0.29) is 5.41 Å². The Hall–Kier alpha value is -1.94. The lowest BCUT2D eigenvalue weighted by Crippen LogP contribution is -2.15. The molecular formula is C18H20N2OS. The van der Waals surface area contributed by atoms with E-state index in [0.29, 0.717) is 5.69 Å². The van der Waals surface area contributed by atoms with Crippen LogP contribution in [0.3, 0.4) is 0 Å².